The second-order valence-corrected chi connectivity index (χ2v) is 4.23. The quantitative estimate of drug-likeness (QED) is 0.554. The van der Waals surface area contributed by atoms with E-state index in [0.29, 0.717) is 5.41 Å². The van der Waals surface area contributed by atoms with Gasteiger partial charge in [-0.15, -0.1) is 0 Å². The number of anilines is 1. The molecule has 1 aromatic carbocycles. The molecule has 1 fully saturated rings. The van der Waals surface area contributed by atoms with Gasteiger partial charge < -0.3 is 0 Å². The van der Waals surface area contributed by atoms with Gasteiger partial charge in [-0.1, -0.05) is 18.2 Å². The maximum atomic E-state index is 6.10. The number of hydrogen-bond acceptors (Lipinski definition) is 1. The molecule has 1 aliphatic carbocycles. The molecule has 0 aromatic heterocycles. The fourth-order valence-electron chi connectivity index (χ4n) is 2.15. The van der Waals surface area contributed by atoms with Crippen molar-refractivity contribution in [2.75, 3.05) is 11.0 Å². The molecule has 12 heavy (non-hydrogen) atoms. The standard InChI is InChI=1S/C10H10ClN/c11-12-7-10(5-6-10)8-3-1-2-4-9(8)12/h1-4H,5-7H2. The summed E-state index contributed by atoms with van der Waals surface area (Å²) >= 11 is 6.10. The highest BCUT2D eigenvalue weighted by Crippen LogP contribution is 2.56. The molecule has 1 aliphatic heterocycles. The summed E-state index contributed by atoms with van der Waals surface area (Å²) < 4.78 is 1.86. The second kappa shape index (κ2) is 1.97. The first-order chi connectivity index (χ1) is 5.82. The summed E-state index contributed by atoms with van der Waals surface area (Å²) in [6, 6.07) is 8.48. The Labute approximate surface area is 77.1 Å². The number of fused-ring (bicyclic) bond motifs is 2. The van der Waals surface area contributed by atoms with Gasteiger partial charge in [0, 0.05) is 23.7 Å². The van der Waals surface area contributed by atoms with Crippen molar-refractivity contribution in [2.45, 2.75) is 18.3 Å². The van der Waals surface area contributed by atoms with Crippen LogP contribution >= 0.6 is 11.8 Å². The summed E-state index contributed by atoms with van der Waals surface area (Å²) in [5, 5.41) is 0. The number of hydrogen-bond donors (Lipinski definition) is 0. The molecule has 0 amide bonds. The topological polar surface area (TPSA) is 3.24 Å². The van der Waals surface area contributed by atoms with E-state index < -0.39 is 0 Å². The molecule has 0 unspecified atom stereocenters. The molecular formula is C10H10ClN. The van der Waals surface area contributed by atoms with Gasteiger partial charge in [-0.3, -0.25) is 4.42 Å². The van der Waals surface area contributed by atoms with E-state index in [2.05, 4.69) is 24.3 Å². The fraction of sp³-hybridized carbons (Fsp3) is 0.400. The average Bonchev–Trinajstić information content (AvgIpc) is 2.79. The largest absolute Gasteiger partial charge is 0.284 e. The summed E-state index contributed by atoms with van der Waals surface area (Å²) in [4.78, 5) is 0. The lowest BCUT2D eigenvalue weighted by atomic mass is 9.99. The Balaban J connectivity index is 2.21. The maximum Gasteiger partial charge on any atom is 0.0561 e. The number of benzene rings is 1. The van der Waals surface area contributed by atoms with Gasteiger partial charge in [0.25, 0.3) is 0 Å². The summed E-state index contributed by atoms with van der Waals surface area (Å²) in [6.45, 7) is 1.01. The van der Waals surface area contributed by atoms with Gasteiger partial charge in [-0.25, -0.2) is 0 Å². The molecule has 0 atom stereocenters. The van der Waals surface area contributed by atoms with Crippen LogP contribution in [0, 0.1) is 0 Å². The van der Waals surface area contributed by atoms with E-state index in [4.69, 9.17) is 11.8 Å². The van der Waals surface area contributed by atoms with Crippen LogP contribution in [0.2, 0.25) is 0 Å². The third-order valence-corrected chi connectivity index (χ3v) is 3.33. The zero-order valence-corrected chi connectivity index (χ0v) is 7.51. The zero-order chi connectivity index (χ0) is 8.18. The van der Waals surface area contributed by atoms with E-state index in [1.807, 2.05) is 4.42 Å². The lowest BCUT2D eigenvalue weighted by Crippen LogP contribution is -2.13. The van der Waals surface area contributed by atoms with Crippen molar-refractivity contribution in [3.63, 3.8) is 0 Å². The van der Waals surface area contributed by atoms with Crippen LogP contribution in [0.1, 0.15) is 18.4 Å². The molecule has 3 rings (SSSR count). The Hall–Kier alpha value is -0.690. The maximum absolute atomic E-state index is 6.10. The van der Waals surface area contributed by atoms with Gasteiger partial charge in [0.05, 0.1) is 5.69 Å². The van der Waals surface area contributed by atoms with Gasteiger partial charge in [0.1, 0.15) is 0 Å². The van der Waals surface area contributed by atoms with E-state index in [1.165, 1.54) is 24.1 Å². The predicted octanol–water partition coefficient (Wildman–Crippen LogP) is 2.69. The number of nitrogens with zero attached hydrogens (tertiary/aromatic N) is 1. The number of halogens is 1. The van der Waals surface area contributed by atoms with Crippen LogP contribution in [0.4, 0.5) is 5.69 Å². The second-order valence-electron chi connectivity index (χ2n) is 3.82. The van der Waals surface area contributed by atoms with E-state index in [0.717, 1.165) is 6.54 Å². The smallest absolute Gasteiger partial charge is 0.0561 e. The minimum Gasteiger partial charge on any atom is -0.284 e. The highest BCUT2D eigenvalue weighted by atomic mass is 35.5. The zero-order valence-electron chi connectivity index (χ0n) is 6.76. The van der Waals surface area contributed by atoms with Crippen molar-refractivity contribution < 1.29 is 0 Å². The van der Waals surface area contributed by atoms with E-state index >= 15 is 0 Å². The van der Waals surface area contributed by atoms with Crippen LogP contribution in [0.25, 0.3) is 0 Å². The molecule has 1 aromatic rings. The van der Waals surface area contributed by atoms with Crippen LogP contribution in [0.3, 0.4) is 0 Å². The Kier molecular flexibility index (Phi) is 1.11. The van der Waals surface area contributed by atoms with Gasteiger partial charge in [-0.05, 0) is 24.5 Å². The van der Waals surface area contributed by atoms with Crippen LogP contribution in [0.5, 0.6) is 0 Å². The number of rotatable bonds is 0. The molecule has 0 bridgehead atoms. The van der Waals surface area contributed by atoms with Crippen LogP contribution in [-0.2, 0) is 5.41 Å². The average molecular weight is 180 g/mol. The molecule has 2 aliphatic rings. The minimum absolute atomic E-state index is 0.443. The van der Waals surface area contributed by atoms with Crippen molar-refractivity contribution >= 4 is 17.5 Å². The monoisotopic (exact) mass is 179 g/mol. The molecule has 2 heteroatoms. The summed E-state index contributed by atoms with van der Waals surface area (Å²) in [5.41, 5.74) is 3.12. The highest BCUT2D eigenvalue weighted by Gasteiger charge is 2.51. The Bertz CT molecular complexity index is 330. The molecule has 1 heterocycles. The fourth-order valence-corrected chi connectivity index (χ4v) is 2.52. The van der Waals surface area contributed by atoms with Crippen LogP contribution in [0.15, 0.2) is 24.3 Å². The molecule has 62 valence electrons. The predicted molar refractivity (Wildman–Crippen MR) is 50.6 cm³/mol. The van der Waals surface area contributed by atoms with Gasteiger partial charge >= 0.3 is 0 Å². The van der Waals surface area contributed by atoms with E-state index in [9.17, 15) is 0 Å². The van der Waals surface area contributed by atoms with Crippen LogP contribution in [-0.4, -0.2) is 6.54 Å². The molecule has 1 saturated carbocycles. The van der Waals surface area contributed by atoms with Crippen LogP contribution < -0.4 is 4.42 Å². The molecule has 0 saturated heterocycles. The van der Waals surface area contributed by atoms with Gasteiger partial charge in [0.2, 0.25) is 0 Å². The summed E-state index contributed by atoms with van der Waals surface area (Å²) in [6.07, 6.45) is 2.63. The lowest BCUT2D eigenvalue weighted by molar-refractivity contribution is 0.758. The Morgan fingerprint density at radius 3 is 2.75 bits per heavy atom. The molecule has 1 spiro atoms. The molecule has 0 radical (unpaired) electrons. The minimum atomic E-state index is 0.443. The number of para-hydroxylation sites is 1. The normalized spacial score (nSPS) is 22.9. The first-order valence-corrected chi connectivity index (χ1v) is 4.68. The van der Waals surface area contributed by atoms with Crippen molar-refractivity contribution in [2.24, 2.45) is 0 Å². The SMILES string of the molecule is ClN1CC2(CC2)c2ccccc21. The van der Waals surface area contributed by atoms with Crippen molar-refractivity contribution in [3.8, 4) is 0 Å². The molecule has 0 N–H and O–H groups in total. The van der Waals surface area contributed by atoms with E-state index in [-0.39, 0.29) is 0 Å². The Morgan fingerprint density at radius 2 is 2.00 bits per heavy atom. The van der Waals surface area contributed by atoms with Crippen molar-refractivity contribution in [3.05, 3.63) is 29.8 Å². The van der Waals surface area contributed by atoms with Gasteiger partial charge in [-0.2, -0.15) is 0 Å². The lowest BCUT2D eigenvalue weighted by Gasteiger charge is -2.06. The highest BCUT2D eigenvalue weighted by molar-refractivity contribution is 6.26. The van der Waals surface area contributed by atoms with E-state index in [1.54, 1.807) is 0 Å². The van der Waals surface area contributed by atoms with Crippen molar-refractivity contribution in [1.29, 1.82) is 0 Å². The molecular weight excluding hydrogens is 170 g/mol. The Morgan fingerprint density at radius 1 is 1.25 bits per heavy atom. The van der Waals surface area contributed by atoms with Gasteiger partial charge in [0.15, 0.2) is 0 Å². The summed E-state index contributed by atoms with van der Waals surface area (Å²) in [7, 11) is 0. The third-order valence-electron chi connectivity index (χ3n) is 3.03. The molecule has 1 nitrogen and oxygen atoms in total. The van der Waals surface area contributed by atoms with Crippen molar-refractivity contribution in [1.82, 2.24) is 0 Å². The first kappa shape index (κ1) is 6.79. The third kappa shape index (κ3) is 0.700. The summed E-state index contributed by atoms with van der Waals surface area (Å²) in [5.74, 6) is 0. The first-order valence-electron chi connectivity index (χ1n) is 4.35.